The predicted octanol–water partition coefficient (Wildman–Crippen LogP) is 4.08. The number of esters is 1. The zero-order valence-corrected chi connectivity index (χ0v) is 17.0. The van der Waals surface area contributed by atoms with Crippen molar-refractivity contribution in [3.8, 4) is 11.1 Å². The number of ether oxygens (including phenoxy) is 1. The highest BCUT2D eigenvalue weighted by Crippen LogP contribution is 2.33. The number of halogens is 1. The average molecular weight is 418 g/mol. The van der Waals surface area contributed by atoms with Crippen LogP contribution in [0.1, 0.15) is 19.8 Å². The van der Waals surface area contributed by atoms with Crippen molar-refractivity contribution in [2.45, 2.75) is 19.8 Å². The zero-order valence-electron chi connectivity index (χ0n) is 15.4. The summed E-state index contributed by atoms with van der Waals surface area (Å²) >= 11 is 7.51. The summed E-state index contributed by atoms with van der Waals surface area (Å²) in [6.07, 6.45) is 1.37. The Morgan fingerprint density at radius 3 is 2.89 bits per heavy atom. The Labute approximate surface area is 171 Å². The Morgan fingerprint density at radius 2 is 2.18 bits per heavy atom. The van der Waals surface area contributed by atoms with Crippen molar-refractivity contribution in [2.75, 3.05) is 24.6 Å². The Bertz CT molecular complexity index is 1070. The number of nitrogens with one attached hydrogen (secondary N) is 1. The van der Waals surface area contributed by atoms with E-state index in [9.17, 15) is 9.59 Å². The fourth-order valence-electron chi connectivity index (χ4n) is 3.51. The maximum absolute atomic E-state index is 12.6. The number of rotatable bonds is 4. The van der Waals surface area contributed by atoms with Gasteiger partial charge in [0, 0.05) is 29.1 Å². The highest BCUT2D eigenvalue weighted by atomic mass is 35.5. The lowest BCUT2D eigenvalue weighted by molar-refractivity contribution is -0.148. The Balaban J connectivity index is 1.64. The number of aromatic nitrogens is 2. The third kappa shape index (κ3) is 3.64. The quantitative estimate of drug-likeness (QED) is 0.647. The predicted molar refractivity (Wildman–Crippen MR) is 112 cm³/mol. The number of benzene rings is 1. The number of piperidine rings is 1. The number of aromatic amines is 1. The summed E-state index contributed by atoms with van der Waals surface area (Å²) in [5, 5.41) is 2.58. The number of hydrogen-bond acceptors (Lipinski definition) is 6. The molecule has 1 aromatic carbocycles. The molecule has 3 heterocycles. The molecule has 4 rings (SSSR count). The van der Waals surface area contributed by atoms with Crippen LogP contribution in [0.25, 0.3) is 21.3 Å². The maximum atomic E-state index is 12.6. The summed E-state index contributed by atoms with van der Waals surface area (Å²) in [7, 11) is 0. The van der Waals surface area contributed by atoms with E-state index in [0.29, 0.717) is 53.7 Å². The molecule has 0 unspecified atom stereocenters. The van der Waals surface area contributed by atoms with Gasteiger partial charge in [-0.15, -0.1) is 11.3 Å². The second-order valence-corrected chi connectivity index (χ2v) is 8.06. The van der Waals surface area contributed by atoms with Gasteiger partial charge in [-0.25, -0.2) is 4.98 Å². The van der Waals surface area contributed by atoms with Gasteiger partial charge in [-0.05, 0) is 37.5 Å². The van der Waals surface area contributed by atoms with Crippen LogP contribution < -0.4 is 10.5 Å². The molecule has 1 aliphatic rings. The van der Waals surface area contributed by atoms with Gasteiger partial charge >= 0.3 is 5.97 Å². The largest absolute Gasteiger partial charge is 0.466 e. The van der Waals surface area contributed by atoms with Crippen molar-refractivity contribution in [1.29, 1.82) is 0 Å². The van der Waals surface area contributed by atoms with Gasteiger partial charge in [0.25, 0.3) is 5.56 Å². The molecular formula is C20H20ClN3O3S. The molecule has 0 amide bonds. The number of nitrogens with zero attached hydrogens (tertiary/aromatic N) is 2. The third-order valence-corrected chi connectivity index (χ3v) is 6.17. The van der Waals surface area contributed by atoms with E-state index in [1.54, 1.807) is 0 Å². The minimum Gasteiger partial charge on any atom is -0.466 e. The smallest absolute Gasteiger partial charge is 0.309 e. The van der Waals surface area contributed by atoms with Gasteiger partial charge in [0.05, 0.1) is 18.0 Å². The first-order valence-electron chi connectivity index (χ1n) is 9.26. The lowest BCUT2D eigenvalue weighted by Crippen LogP contribution is -2.38. The van der Waals surface area contributed by atoms with Gasteiger partial charge in [0.2, 0.25) is 5.95 Å². The van der Waals surface area contributed by atoms with Crippen LogP contribution in [0.15, 0.2) is 34.4 Å². The number of carbonyl (C=O) groups is 1. The summed E-state index contributed by atoms with van der Waals surface area (Å²) in [5.41, 5.74) is 2.37. The summed E-state index contributed by atoms with van der Waals surface area (Å²) < 4.78 is 5.72. The van der Waals surface area contributed by atoms with Crippen molar-refractivity contribution >= 4 is 45.1 Å². The first-order valence-corrected chi connectivity index (χ1v) is 10.5. The van der Waals surface area contributed by atoms with Crippen LogP contribution in [0.2, 0.25) is 5.02 Å². The second kappa shape index (κ2) is 7.93. The van der Waals surface area contributed by atoms with Crippen LogP contribution in [-0.2, 0) is 9.53 Å². The molecule has 1 aliphatic heterocycles. The van der Waals surface area contributed by atoms with Crippen molar-refractivity contribution < 1.29 is 9.53 Å². The van der Waals surface area contributed by atoms with Crippen LogP contribution in [0.3, 0.4) is 0 Å². The molecule has 0 saturated carbocycles. The van der Waals surface area contributed by atoms with E-state index >= 15 is 0 Å². The molecule has 8 heteroatoms. The van der Waals surface area contributed by atoms with Crippen LogP contribution >= 0.6 is 22.9 Å². The molecule has 6 nitrogen and oxygen atoms in total. The van der Waals surface area contributed by atoms with E-state index in [2.05, 4.69) is 4.98 Å². The van der Waals surface area contributed by atoms with Crippen LogP contribution in [0, 0.1) is 5.92 Å². The normalized spacial score (nSPS) is 15.1. The molecule has 0 bridgehead atoms. The minimum atomic E-state index is -0.147. The van der Waals surface area contributed by atoms with E-state index in [1.165, 1.54) is 11.3 Å². The Hall–Kier alpha value is -2.38. The molecule has 3 aromatic rings. The van der Waals surface area contributed by atoms with Crippen LogP contribution in [0.4, 0.5) is 5.95 Å². The van der Waals surface area contributed by atoms with Crippen molar-refractivity contribution in [2.24, 2.45) is 5.92 Å². The second-order valence-electron chi connectivity index (χ2n) is 6.74. The molecule has 0 spiro atoms. The summed E-state index contributed by atoms with van der Waals surface area (Å²) in [4.78, 5) is 34.2. The molecule has 1 fully saturated rings. The molecule has 146 valence electrons. The molecule has 0 radical (unpaired) electrons. The van der Waals surface area contributed by atoms with Gasteiger partial charge in [-0.2, -0.15) is 0 Å². The fraction of sp³-hybridized carbons (Fsp3) is 0.350. The fourth-order valence-corrected chi connectivity index (χ4v) is 4.61. The molecule has 1 N–H and O–H groups in total. The SMILES string of the molecule is CCOC(=O)C1CCN(c2nc3c(-c4cccc(Cl)c4)csc3c(=O)[nH]2)CC1. The van der Waals surface area contributed by atoms with E-state index in [4.69, 9.17) is 21.3 Å². The summed E-state index contributed by atoms with van der Waals surface area (Å²) in [5.74, 6) is 0.316. The Morgan fingerprint density at radius 1 is 1.39 bits per heavy atom. The number of thiophene rings is 1. The lowest BCUT2D eigenvalue weighted by atomic mass is 9.97. The van der Waals surface area contributed by atoms with Gasteiger partial charge in [-0.1, -0.05) is 23.7 Å². The number of anilines is 1. The lowest BCUT2D eigenvalue weighted by Gasteiger charge is -2.31. The van der Waals surface area contributed by atoms with Gasteiger partial charge in [-0.3, -0.25) is 14.6 Å². The van der Waals surface area contributed by atoms with Crippen molar-refractivity contribution in [3.63, 3.8) is 0 Å². The van der Waals surface area contributed by atoms with E-state index < -0.39 is 0 Å². The number of carbonyl (C=O) groups excluding carboxylic acids is 1. The zero-order chi connectivity index (χ0) is 19.7. The molecule has 1 saturated heterocycles. The highest BCUT2D eigenvalue weighted by Gasteiger charge is 2.27. The standard InChI is InChI=1S/C20H20ClN3O3S/c1-2-27-19(26)12-6-8-24(9-7-12)20-22-16-15(11-28-17(16)18(25)23-20)13-4-3-5-14(21)10-13/h3-5,10-12H,2,6-9H2,1H3,(H,22,23,25). The van der Waals surface area contributed by atoms with Crippen LogP contribution in [0.5, 0.6) is 0 Å². The molecule has 2 aromatic heterocycles. The summed E-state index contributed by atoms with van der Waals surface area (Å²) in [6.45, 7) is 3.51. The van der Waals surface area contributed by atoms with Gasteiger partial charge in [0.1, 0.15) is 4.70 Å². The summed E-state index contributed by atoms with van der Waals surface area (Å²) in [6, 6.07) is 7.53. The van der Waals surface area contributed by atoms with Gasteiger partial charge < -0.3 is 9.64 Å². The average Bonchev–Trinajstić information content (AvgIpc) is 3.13. The molecule has 0 atom stereocenters. The minimum absolute atomic E-state index is 0.0881. The molecular weight excluding hydrogens is 398 g/mol. The number of H-pyrrole nitrogens is 1. The topological polar surface area (TPSA) is 75.3 Å². The van der Waals surface area contributed by atoms with E-state index in [1.807, 2.05) is 41.5 Å². The Kier molecular flexibility index (Phi) is 5.37. The first kappa shape index (κ1) is 19.0. The monoisotopic (exact) mass is 417 g/mol. The van der Waals surface area contributed by atoms with E-state index in [0.717, 1.165) is 11.1 Å². The van der Waals surface area contributed by atoms with E-state index in [-0.39, 0.29) is 17.4 Å². The van der Waals surface area contributed by atoms with Crippen molar-refractivity contribution in [1.82, 2.24) is 9.97 Å². The number of fused-ring (bicyclic) bond motifs is 1. The van der Waals surface area contributed by atoms with Crippen molar-refractivity contribution in [3.05, 3.63) is 45.0 Å². The maximum Gasteiger partial charge on any atom is 0.309 e. The first-order chi connectivity index (χ1) is 13.6. The van der Waals surface area contributed by atoms with Crippen LogP contribution in [-0.4, -0.2) is 35.6 Å². The molecule has 0 aliphatic carbocycles. The highest BCUT2D eigenvalue weighted by molar-refractivity contribution is 7.17. The molecule has 28 heavy (non-hydrogen) atoms. The number of hydrogen-bond donors (Lipinski definition) is 1. The van der Waals surface area contributed by atoms with Gasteiger partial charge in [0.15, 0.2) is 0 Å². The third-order valence-electron chi connectivity index (χ3n) is 4.96.